The molecule has 1 aromatic carbocycles. The summed E-state index contributed by atoms with van der Waals surface area (Å²) in [4.78, 5) is 27.4. The van der Waals surface area contributed by atoms with E-state index in [-0.39, 0.29) is 17.2 Å². The number of tetrazole rings is 1. The number of rotatable bonds is 4. The van der Waals surface area contributed by atoms with E-state index in [1.807, 2.05) is 18.2 Å². The van der Waals surface area contributed by atoms with Crippen LogP contribution in [0.1, 0.15) is 24.0 Å². The summed E-state index contributed by atoms with van der Waals surface area (Å²) in [5.41, 5.74) is 3.47. The Labute approximate surface area is 153 Å². The highest BCUT2D eigenvalue weighted by molar-refractivity contribution is 7.99. The number of amides is 1. The molecule has 3 aromatic rings. The monoisotopic (exact) mass is 370 g/mol. The number of nitrogens with zero attached hydrogens (tertiary/aromatic N) is 4. The zero-order valence-corrected chi connectivity index (χ0v) is 15.1. The van der Waals surface area contributed by atoms with Crippen LogP contribution in [0.4, 0.5) is 5.69 Å². The molecule has 0 bridgehead atoms. The van der Waals surface area contributed by atoms with E-state index >= 15 is 0 Å². The number of aryl methyl sites for hydroxylation is 2. The Kier molecular flexibility index (Phi) is 4.46. The Hall–Kier alpha value is -2.68. The molecule has 0 atom stereocenters. The van der Waals surface area contributed by atoms with E-state index in [1.54, 1.807) is 7.05 Å². The van der Waals surface area contributed by atoms with Crippen molar-refractivity contribution in [3.05, 3.63) is 39.7 Å². The lowest BCUT2D eigenvalue weighted by molar-refractivity contribution is -0.113. The van der Waals surface area contributed by atoms with Gasteiger partial charge in [0.05, 0.1) is 11.3 Å². The second kappa shape index (κ2) is 6.91. The number of nitrogens with one attached hydrogen (secondary N) is 2. The van der Waals surface area contributed by atoms with Gasteiger partial charge in [-0.05, 0) is 53.8 Å². The topological polar surface area (TPSA) is 106 Å². The highest BCUT2D eigenvalue weighted by atomic mass is 32.2. The largest absolute Gasteiger partial charge is 0.325 e. The smallest absolute Gasteiger partial charge is 0.251 e. The maximum absolute atomic E-state index is 12.3. The van der Waals surface area contributed by atoms with E-state index < -0.39 is 0 Å². The first-order chi connectivity index (χ1) is 12.6. The van der Waals surface area contributed by atoms with Crippen molar-refractivity contribution in [2.24, 2.45) is 7.05 Å². The lowest BCUT2D eigenvalue weighted by atomic mass is 9.90. The molecule has 8 nitrogen and oxygen atoms in total. The summed E-state index contributed by atoms with van der Waals surface area (Å²) in [6.45, 7) is 0. The first kappa shape index (κ1) is 16.8. The van der Waals surface area contributed by atoms with Crippen molar-refractivity contribution in [3.63, 3.8) is 0 Å². The zero-order chi connectivity index (χ0) is 18.1. The van der Waals surface area contributed by atoms with E-state index in [2.05, 4.69) is 25.8 Å². The van der Waals surface area contributed by atoms with Crippen LogP contribution in [0.2, 0.25) is 0 Å². The van der Waals surface area contributed by atoms with E-state index in [1.165, 1.54) is 16.4 Å². The van der Waals surface area contributed by atoms with Crippen LogP contribution in [0.15, 0.2) is 28.2 Å². The molecule has 2 heterocycles. The molecule has 0 saturated heterocycles. The number of thioether (sulfide) groups is 1. The van der Waals surface area contributed by atoms with E-state index in [0.717, 1.165) is 47.7 Å². The fraction of sp³-hybridized carbons (Fsp3) is 0.353. The molecule has 1 amide bonds. The van der Waals surface area contributed by atoms with Gasteiger partial charge in [0, 0.05) is 23.7 Å². The Balaban J connectivity index is 1.53. The minimum Gasteiger partial charge on any atom is -0.325 e. The molecule has 26 heavy (non-hydrogen) atoms. The summed E-state index contributed by atoms with van der Waals surface area (Å²) in [7, 11) is 1.72. The minimum atomic E-state index is -0.155. The number of fused-ring (bicyclic) bond motifs is 3. The molecule has 1 aliphatic carbocycles. The van der Waals surface area contributed by atoms with Gasteiger partial charge in [0.15, 0.2) is 0 Å². The third-order valence-electron chi connectivity index (χ3n) is 4.53. The summed E-state index contributed by atoms with van der Waals surface area (Å²) in [6.07, 6.45) is 3.95. The molecule has 0 aliphatic heterocycles. The van der Waals surface area contributed by atoms with Crippen molar-refractivity contribution >= 4 is 34.3 Å². The second-order valence-corrected chi connectivity index (χ2v) is 7.24. The molecule has 0 saturated carbocycles. The fourth-order valence-electron chi connectivity index (χ4n) is 3.31. The van der Waals surface area contributed by atoms with Crippen LogP contribution < -0.4 is 10.9 Å². The maximum atomic E-state index is 12.3. The fourth-order valence-corrected chi connectivity index (χ4v) is 3.96. The number of aromatic nitrogens is 5. The van der Waals surface area contributed by atoms with Gasteiger partial charge >= 0.3 is 0 Å². The van der Waals surface area contributed by atoms with Crippen molar-refractivity contribution in [2.75, 3.05) is 11.1 Å². The normalized spacial score (nSPS) is 13.6. The summed E-state index contributed by atoms with van der Waals surface area (Å²) in [5, 5.41) is 15.6. The minimum absolute atomic E-state index is 0.0129. The van der Waals surface area contributed by atoms with Crippen LogP contribution in [-0.2, 0) is 24.7 Å². The quantitative estimate of drug-likeness (QED) is 0.677. The summed E-state index contributed by atoms with van der Waals surface area (Å²) in [6, 6.07) is 5.67. The van der Waals surface area contributed by atoms with E-state index in [9.17, 15) is 9.59 Å². The number of hydrogen-bond acceptors (Lipinski definition) is 6. The van der Waals surface area contributed by atoms with Gasteiger partial charge in [0.2, 0.25) is 11.1 Å². The number of aromatic amines is 1. The number of anilines is 1. The van der Waals surface area contributed by atoms with Crippen LogP contribution in [0.3, 0.4) is 0 Å². The molecule has 2 aromatic heterocycles. The number of pyridine rings is 1. The van der Waals surface area contributed by atoms with Crippen LogP contribution in [0.25, 0.3) is 10.9 Å². The van der Waals surface area contributed by atoms with Crippen molar-refractivity contribution in [2.45, 2.75) is 30.8 Å². The Bertz CT molecular complexity index is 1040. The van der Waals surface area contributed by atoms with Crippen molar-refractivity contribution in [1.29, 1.82) is 0 Å². The SMILES string of the molecule is Cn1nnnc1SCC(=O)Nc1ccc2c3c(c(=O)[nH]c2c1)CCCC3. The lowest BCUT2D eigenvalue weighted by Gasteiger charge is -2.17. The highest BCUT2D eigenvalue weighted by Crippen LogP contribution is 2.27. The van der Waals surface area contributed by atoms with Gasteiger partial charge in [0.25, 0.3) is 5.56 Å². The Morgan fingerprint density at radius 1 is 1.31 bits per heavy atom. The molecular formula is C17H18N6O2S. The van der Waals surface area contributed by atoms with Gasteiger partial charge in [-0.2, -0.15) is 0 Å². The van der Waals surface area contributed by atoms with Crippen molar-refractivity contribution in [1.82, 2.24) is 25.2 Å². The van der Waals surface area contributed by atoms with Crippen LogP contribution in [-0.4, -0.2) is 36.9 Å². The van der Waals surface area contributed by atoms with Gasteiger partial charge in [-0.25, -0.2) is 4.68 Å². The molecule has 0 fully saturated rings. The predicted molar refractivity (Wildman–Crippen MR) is 99.4 cm³/mol. The molecule has 9 heteroatoms. The summed E-state index contributed by atoms with van der Waals surface area (Å²) in [5.74, 6) is 0.0464. The number of H-pyrrole nitrogens is 1. The predicted octanol–water partition coefficient (Wildman–Crippen LogP) is 1.66. The standard InChI is InChI=1S/C17H18N6O2S/c1-23-17(20-21-22-23)26-9-15(24)18-10-6-7-12-11-4-2-3-5-13(11)16(25)19-14(12)8-10/h6-8H,2-5,9H2,1H3,(H,18,24)(H,19,25). The molecule has 0 unspecified atom stereocenters. The molecular weight excluding hydrogens is 352 g/mol. The molecule has 1 aliphatic rings. The van der Waals surface area contributed by atoms with Crippen LogP contribution in [0, 0.1) is 0 Å². The lowest BCUT2D eigenvalue weighted by Crippen LogP contribution is -2.19. The first-order valence-corrected chi connectivity index (χ1v) is 9.43. The van der Waals surface area contributed by atoms with Gasteiger partial charge in [0.1, 0.15) is 0 Å². The number of carbonyl (C=O) groups is 1. The van der Waals surface area contributed by atoms with Gasteiger partial charge in [-0.1, -0.05) is 17.8 Å². The first-order valence-electron chi connectivity index (χ1n) is 8.44. The summed E-state index contributed by atoms with van der Waals surface area (Å²) < 4.78 is 1.52. The van der Waals surface area contributed by atoms with Crippen LogP contribution in [0.5, 0.6) is 0 Å². The zero-order valence-electron chi connectivity index (χ0n) is 14.3. The third-order valence-corrected chi connectivity index (χ3v) is 5.54. The summed E-state index contributed by atoms with van der Waals surface area (Å²) >= 11 is 1.26. The third kappa shape index (κ3) is 3.22. The molecule has 4 rings (SSSR count). The van der Waals surface area contributed by atoms with E-state index in [4.69, 9.17) is 0 Å². The van der Waals surface area contributed by atoms with Gasteiger partial charge in [-0.3, -0.25) is 9.59 Å². The van der Waals surface area contributed by atoms with Gasteiger partial charge in [-0.15, -0.1) is 5.10 Å². The molecule has 0 spiro atoms. The molecule has 0 radical (unpaired) electrons. The van der Waals surface area contributed by atoms with Crippen LogP contribution >= 0.6 is 11.8 Å². The number of hydrogen-bond donors (Lipinski definition) is 2. The average Bonchev–Trinajstić information content (AvgIpc) is 3.05. The van der Waals surface area contributed by atoms with Crippen molar-refractivity contribution < 1.29 is 4.79 Å². The Morgan fingerprint density at radius 2 is 2.12 bits per heavy atom. The average molecular weight is 370 g/mol. The highest BCUT2D eigenvalue weighted by Gasteiger charge is 2.16. The number of benzene rings is 1. The maximum Gasteiger partial charge on any atom is 0.251 e. The number of carbonyl (C=O) groups excluding carboxylic acids is 1. The Morgan fingerprint density at radius 3 is 2.88 bits per heavy atom. The van der Waals surface area contributed by atoms with Gasteiger partial charge < -0.3 is 10.3 Å². The van der Waals surface area contributed by atoms with Crippen molar-refractivity contribution in [3.8, 4) is 0 Å². The van der Waals surface area contributed by atoms with E-state index in [0.29, 0.717) is 10.8 Å². The molecule has 134 valence electrons. The molecule has 2 N–H and O–H groups in total. The second-order valence-electron chi connectivity index (χ2n) is 6.30.